The standard InChI is InChI=1S/C14H18BrNO/c15-10-12-6-3-7-13(8-12)16-14(17)9-11-4-1-2-5-11/h3,6-8,11H,1-2,4-5,9-10H2,(H,16,17). The lowest BCUT2D eigenvalue weighted by Gasteiger charge is -2.10. The fraction of sp³-hybridized carbons (Fsp3) is 0.500. The van der Waals surface area contributed by atoms with Crippen LogP contribution in [0.15, 0.2) is 24.3 Å². The number of hydrogen-bond acceptors (Lipinski definition) is 1. The van der Waals surface area contributed by atoms with Crippen molar-refractivity contribution in [1.29, 1.82) is 0 Å². The molecule has 0 aromatic heterocycles. The van der Waals surface area contributed by atoms with Crippen molar-refractivity contribution in [2.24, 2.45) is 5.92 Å². The SMILES string of the molecule is O=C(CC1CCCC1)Nc1cccc(CBr)c1. The van der Waals surface area contributed by atoms with Crippen LogP contribution in [-0.2, 0) is 10.1 Å². The van der Waals surface area contributed by atoms with Crippen molar-refractivity contribution in [3.8, 4) is 0 Å². The molecule has 0 atom stereocenters. The van der Waals surface area contributed by atoms with Crippen LogP contribution in [0.2, 0.25) is 0 Å². The average Bonchev–Trinajstić information content (AvgIpc) is 2.82. The first-order valence-electron chi connectivity index (χ1n) is 6.22. The molecule has 1 saturated carbocycles. The minimum Gasteiger partial charge on any atom is -0.326 e. The maximum Gasteiger partial charge on any atom is 0.224 e. The van der Waals surface area contributed by atoms with Gasteiger partial charge in [-0.3, -0.25) is 4.79 Å². The Hall–Kier alpha value is -0.830. The Morgan fingerprint density at radius 3 is 2.82 bits per heavy atom. The number of rotatable bonds is 4. The molecule has 0 radical (unpaired) electrons. The van der Waals surface area contributed by atoms with Gasteiger partial charge in [0.15, 0.2) is 0 Å². The van der Waals surface area contributed by atoms with Gasteiger partial charge in [0.2, 0.25) is 5.91 Å². The number of halogens is 1. The monoisotopic (exact) mass is 295 g/mol. The van der Waals surface area contributed by atoms with Crippen LogP contribution in [0, 0.1) is 5.92 Å². The van der Waals surface area contributed by atoms with E-state index in [2.05, 4.69) is 21.2 Å². The molecule has 1 N–H and O–H groups in total. The molecular weight excluding hydrogens is 278 g/mol. The summed E-state index contributed by atoms with van der Waals surface area (Å²) >= 11 is 3.42. The number of amides is 1. The number of anilines is 1. The number of carbonyl (C=O) groups is 1. The van der Waals surface area contributed by atoms with Gasteiger partial charge in [-0.1, -0.05) is 40.9 Å². The molecule has 1 aliphatic rings. The van der Waals surface area contributed by atoms with E-state index < -0.39 is 0 Å². The summed E-state index contributed by atoms with van der Waals surface area (Å²) < 4.78 is 0. The molecule has 2 nitrogen and oxygen atoms in total. The van der Waals surface area contributed by atoms with Crippen LogP contribution in [0.1, 0.15) is 37.7 Å². The summed E-state index contributed by atoms with van der Waals surface area (Å²) in [5.74, 6) is 0.762. The van der Waals surface area contributed by atoms with E-state index in [1.54, 1.807) is 0 Å². The van der Waals surface area contributed by atoms with E-state index in [4.69, 9.17) is 0 Å². The highest BCUT2D eigenvalue weighted by molar-refractivity contribution is 9.08. The van der Waals surface area contributed by atoms with Crippen LogP contribution in [0.25, 0.3) is 0 Å². The Balaban J connectivity index is 1.88. The lowest BCUT2D eigenvalue weighted by atomic mass is 10.0. The van der Waals surface area contributed by atoms with Crippen molar-refractivity contribution in [1.82, 2.24) is 0 Å². The van der Waals surface area contributed by atoms with Crippen molar-refractivity contribution >= 4 is 27.5 Å². The second-order valence-corrected chi connectivity index (χ2v) is 5.30. The Kier molecular flexibility index (Phi) is 4.60. The predicted molar refractivity (Wildman–Crippen MR) is 74.3 cm³/mol. The van der Waals surface area contributed by atoms with Crippen LogP contribution >= 0.6 is 15.9 Å². The third-order valence-corrected chi connectivity index (χ3v) is 3.96. The summed E-state index contributed by atoms with van der Waals surface area (Å²) in [5, 5.41) is 3.80. The van der Waals surface area contributed by atoms with Crippen molar-refractivity contribution in [2.45, 2.75) is 37.4 Å². The Labute approximate surface area is 111 Å². The van der Waals surface area contributed by atoms with Gasteiger partial charge >= 0.3 is 0 Å². The molecule has 0 bridgehead atoms. The molecule has 1 aromatic carbocycles. The summed E-state index contributed by atoms with van der Waals surface area (Å²) in [6, 6.07) is 7.98. The first-order valence-corrected chi connectivity index (χ1v) is 7.35. The highest BCUT2D eigenvalue weighted by atomic mass is 79.9. The number of alkyl halides is 1. The van der Waals surface area contributed by atoms with Gasteiger partial charge in [0.25, 0.3) is 0 Å². The highest BCUT2D eigenvalue weighted by Crippen LogP contribution is 2.27. The third-order valence-electron chi connectivity index (χ3n) is 3.31. The third kappa shape index (κ3) is 3.84. The second kappa shape index (κ2) is 6.20. The van der Waals surface area contributed by atoms with Gasteiger partial charge < -0.3 is 5.32 Å². The van der Waals surface area contributed by atoms with Crippen LogP contribution in [-0.4, -0.2) is 5.91 Å². The molecule has 2 rings (SSSR count). The van der Waals surface area contributed by atoms with E-state index in [0.29, 0.717) is 12.3 Å². The first-order chi connectivity index (χ1) is 8.28. The normalized spacial score (nSPS) is 16.1. The maximum atomic E-state index is 11.8. The molecule has 0 aliphatic heterocycles. The minimum absolute atomic E-state index is 0.156. The Bertz CT molecular complexity index is 386. The lowest BCUT2D eigenvalue weighted by Crippen LogP contribution is -2.15. The maximum absolute atomic E-state index is 11.8. The fourth-order valence-electron chi connectivity index (χ4n) is 2.42. The summed E-state index contributed by atoms with van der Waals surface area (Å²) in [4.78, 5) is 11.8. The smallest absolute Gasteiger partial charge is 0.224 e. The molecule has 0 saturated heterocycles. The van der Waals surface area contributed by atoms with Gasteiger partial charge in [-0.2, -0.15) is 0 Å². The van der Waals surface area contributed by atoms with E-state index in [1.807, 2.05) is 24.3 Å². The van der Waals surface area contributed by atoms with Crippen molar-refractivity contribution < 1.29 is 4.79 Å². The summed E-state index contributed by atoms with van der Waals surface area (Å²) in [7, 11) is 0. The largest absolute Gasteiger partial charge is 0.326 e. The molecule has 1 aliphatic carbocycles. The summed E-state index contributed by atoms with van der Waals surface area (Å²) in [5.41, 5.74) is 2.09. The zero-order valence-corrected chi connectivity index (χ0v) is 11.5. The van der Waals surface area contributed by atoms with E-state index >= 15 is 0 Å². The Morgan fingerprint density at radius 2 is 2.12 bits per heavy atom. The topological polar surface area (TPSA) is 29.1 Å². The number of hydrogen-bond donors (Lipinski definition) is 1. The van der Waals surface area contributed by atoms with Crippen LogP contribution in [0.3, 0.4) is 0 Å². The molecular formula is C14H18BrNO. The van der Waals surface area contributed by atoms with Gasteiger partial charge in [-0.05, 0) is 36.5 Å². The molecule has 17 heavy (non-hydrogen) atoms. The average molecular weight is 296 g/mol. The fourth-order valence-corrected chi connectivity index (χ4v) is 2.77. The van der Waals surface area contributed by atoms with Gasteiger partial charge in [0.05, 0.1) is 0 Å². The molecule has 3 heteroatoms. The number of benzene rings is 1. The van der Waals surface area contributed by atoms with Crippen LogP contribution in [0.5, 0.6) is 0 Å². The molecule has 1 amide bonds. The lowest BCUT2D eigenvalue weighted by molar-refractivity contribution is -0.117. The molecule has 1 aromatic rings. The molecule has 0 heterocycles. The van der Waals surface area contributed by atoms with Crippen molar-refractivity contribution in [3.05, 3.63) is 29.8 Å². The highest BCUT2D eigenvalue weighted by Gasteiger charge is 2.18. The van der Waals surface area contributed by atoms with E-state index in [-0.39, 0.29) is 5.91 Å². The number of carbonyl (C=O) groups excluding carboxylic acids is 1. The van der Waals surface area contributed by atoms with Crippen molar-refractivity contribution in [2.75, 3.05) is 5.32 Å². The summed E-state index contributed by atoms with van der Waals surface area (Å²) in [6.45, 7) is 0. The van der Waals surface area contributed by atoms with E-state index in [9.17, 15) is 4.79 Å². The molecule has 0 unspecified atom stereocenters. The predicted octanol–water partition coefficient (Wildman–Crippen LogP) is 4.10. The quantitative estimate of drug-likeness (QED) is 0.833. The van der Waals surface area contributed by atoms with E-state index in [1.165, 1.54) is 31.2 Å². The summed E-state index contributed by atoms with van der Waals surface area (Å²) in [6.07, 6.45) is 5.69. The zero-order valence-electron chi connectivity index (χ0n) is 9.92. The van der Waals surface area contributed by atoms with Gasteiger partial charge in [-0.25, -0.2) is 0 Å². The van der Waals surface area contributed by atoms with Crippen LogP contribution in [0.4, 0.5) is 5.69 Å². The van der Waals surface area contributed by atoms with Gasteiger partial charge in [0.1, 0.15) is 0 Å². The van der Waals surface area contributed by atoms with Crippen molar-refractivity contribution in [3.63, 3.8) is 0 Å². The van der Waals surface area contributed by atoms with E-state index in [0.717, 1.165) is 11.0 Å². The number of nitrogens with one attached hydrogen (secondary N) is 1. The first kappa shape index (κ1) is 12.6. The second-order valence-electron chi connectivity index (χ2n) is 4.74. The molecule has 0 spiro atoms. The molecule has 1 fully saturated rings. The van der Waals surface area contributed by atoms with Gasteiger partial charge in [-0.15, -0.1) is 0 Å². The Morgan fingerprint density at radius 1 is 1.35 bits per heavy atom. The zero-order chi connectivity index (χ0) is 12.1. The van der Waals surface area contributed by atoms with Crippen LogP contribution < -0.4 is 5.32 Å². The minimum atomic E-state index is 0.156. The molecule has 92 valence electrons. The van der Waals surface area contributed by atoms with Gasteiger partial charge in [0, 0.05) is 17.4 Å².